The number of aryl methyl sites for hydroxylation is 2. The molecule has 2 aromatic carbocycles. The summed E-state index contributed by atoms with van der Waals surface area (Å²) in [6, 6.07) is 7.70. The zero-order chi connectivity index (χ0) is 18.1. The molecule has 1 heterocycles. The fraction of sp³-hybridized carbons (Fsp3) is 0.222. The quantitative estimate of drug-likeness (QED) is 0.441. The van der Waals surface area contributed by atoms with E-state index in [4.69, 9.17) is 0 Å². The molecule has 0 aliphatic carbocycles. The topological polar surface area (TPSA) is 93.5 Å². The smallest absolute Gasteiger partial charge is 0.270 e. The van der Waals surface area contributed by atoms with Crippen molar-refractivity contribution in [3.05, 3.63) is 57.4 Å². The summed E-state index contributed by atoms with van der Waals surface area (Å²) in [7, 11) is 0. The Morgan fingerprint density at radius 2 is 2.08 bits per heavy atom. The summed E-state index contributed by atoms with van der Waals surface area (Å²) in [4.78, 5) is 15.0. The zero-order valence-corrected chi connectivity index (χ0v) is 14.2. The number of phenols is 1. The molecular weight excluding hydrogens is 320 g/mol. The summed E-state index contributed by atoms with van der Waals surface area (Å²) in [6.07, 6.45) is 1.58. The van der Waals surface area contributed by atoms with Gasteiger partial charge in [0.05, 0.1) is 16.3 Å². The number of fused-ring (bicyclic) bond motifs is 1. The van der Waals surface area contributed by atoms with Gasteiger partial charge in [-0.15, -0.1) is 0 Å². The number of phenolic OH excluding ortho intramolecular Hbond substituents is 1. The van der Waals surface area contributed by atoms with E-state index >= 15 is 0 Å². The number of aromatic hydroxyl groups is 1. The van der Waals surface area contributed by atoms with Crippen LogP contribution < -0.4 is 0 Å². The van der Waals surface area contributed by atoms with Gasteiger partial charge in [0, 0.05) is 30.5 Å². The lowest BCUT2D eigenvalue weighted by Crippen LogP contribution is -1.98. The molecule has 0 unspecified atom stereocenters. The summed E-state index contributed by atoms with van der Waals surface area (Å²) < 4.78 is 1.87. The Labute approximate surface area is 144 Å². The van der Waals surface area contributed by atoms with Crippen LogP contribution in [0.5, 0.6) is 5.75 Å². The maximum absolute atomic E-state index is 10.9. The standard InChI is InChI=1S/C18H18N4O3/c1-4-21-12(3)18(11(2)20-21)19-10-16-15-7-6-14(22(24)25)9-13(15)5-8-17(16)23/h5-10,23H,4H2,1-3H3. The van der Waals surface area contributed by atoms with Gasteiger partial charge < -0.3 is 5.11 Å². The fourth-order valence-corrected chi connectivity index (χ4v) is 2.89. The van der Waals surface area contributed by atoms with E-state index in [2.05, 4.69) is 10.1 Å². The number of rotatable bonds is 4. The molecule has 0 aliphatic heterocycles. The second-order valence-electron chi connectivity index (χ2n) is 5.75. The first-order valence-corrected chi connectivity index (χ1v) is 7.90. The largest absolute Gasteiger partial charge is 0.507 e. The van der Waals surface area contributed by atoms with Crippen LogP contribution in [0.2, 0.25) is 0 Å². The maximum atomic E-state index is 10.9. The van der Waals surface area contributed by atoms with E-state index in [1.165, 1.54) is 18.2 Å². The number of hydrogen-bond donors (Lipinski definition) is 1. The number of benzene rings is 2. The number of aliphatic imine (C=N–C) groups is 1. The molecule has 0 saturated carbocycles. The van der Waals surface area contributed by atoms with Gasteiger partial charge in [-0.25, -0.2) is 0 Å². The van der Waals surface area contributed by atoms with Crippen LogP contribution in [-0.4, -0.2) is 26.0 Å². The SMILES string of the molecule is CCn1nc(C)c(N=Cc2c(O)ccc3cc([N+](=O)[O-])ccc23)c1C. The highest BCUT2D eigenvalue weighted by atomic mass is 16.6. The predicted octanol–water partition coefficient (Wildman–Crippen LogP) is 4.04. The summed E-state index contributed by atoms with van der Waals surface area (Å²) in [5.74, 6) is 0.0725. The molecule has 0 atom stereocenters. The first kappa shape index (κ1) is 16.6. The van der Waals surface area contributed by atoms with Crippen molar-refractivity contribution in [2.75, 3.05) is 0 Å². The minimum absolute atomic E-state index is 0.0111. The molecule has 1 N–H and O–H groups in total. The van der Waals surface area contributed by atoms with Gasteiger partial charge in [0.15, 0.2) is 0 Å². The van der Waals surface area contributed by atoms with Crippen LogP contribution in [0.4, 0.5) is 11.4 Å². The Balaban J connectivity index is 2.11. The number of hydrogen-bond acceptors (Lipinski definition) is 5. The van der Waals surface area contributed by atoms with E-state index in [1.54, 1.807) is 18.3 Å². The van der Waals surface area contributed by atoms with Gasteiger partial charge in [-0.3, -0.25) is 19.8 Å². The van der Waals surface area contributed by atoms with Crippen molar-refractivity contribution in [2.24, 2.45) is 4.99 Å². The molecule has 7 heteroatoms. The first-order chi connectivity index (χ1) is 11.9. The molecule has 3 rings (SSSR count). The molecule has 0 spiro atoms. The minimum atomic E-state index is -0.439. The molecule has 0 aliphatic rings. The molecule has 3 aromatic rings. The van der Waals surface area contributed by atoms with Crippen LogP contribution >= 0.6 is 0 Å². The van der Waals surface area contributed by atoms with E-state index in [1.807, 2.05) is 25.5 Å². The predicted molar refractivity (Wildman–Crippen MR) is 96.9 cm³/mol. The minimum Gasteiger partial charge on any atom is -0.507 e. The highest BCUT2D eigenvalue weighted by Crippen LogP contribution is 2.30. The number of nitro benzene ring substituents is 1. The Morgan fingerprint density at radius 3 is 2.72 bits per heavy atom. The van der Waals surface area contributed by atoms with Crippen molar-refractivity contribution in [1.29, 1.82) is 0 Å². The molecular formula is C18H18N4O3. The third-order valence-electron chi connectivity index (χ3n) is 4.20. The molecule has 0 amide bonds. The van der Waals surface area contributed by atoms with E-state index in [9.17, 15) is 15.2 Å². The highest BCUT2D eigenvalue weighted by molar-refractivity contribution is 6.03. The average molecular weight is 338 g/mol. The highest BCUT2D eigenvalue weighted by Gasteiger charge is 2.12. The molecule has 25 heavy (non-hydrogen) atoms. The van der Waals surface area contributed by atoms with Gasteiger partial charge in [-0.05, 0) is 43.7 Å². The number of aromatic nitrogens is 2. The van der Waals surface area contributed by atoms with Gasteiger partial charge in [0.25, 0.3) is 5.69 Å². The maximum Gasteiger partial charge on any atom is 0.270 e. The van der Waals surface area contributed by atoms with Crippen LogP contribution in [0.15, 0.2) is 35.3 Å². The lowest BCUT2D eigenvalue weighted by molar-refractivity contribution is -0.384. The van der Waals surface area contributed by atoms with Crippen LogP contribution in [0.25, 0.3) is 10.8 Å². The van der Waals surface area contributed by atoms with Crippen molar-refractivity contribution in [3.8, 4) is 5.75 Å². The number of non-ortho nitro benzene ring substituents is 1. The lowest BCUT2D eigenvalue weighted by atomic mass is 10.0. The molecule has 0 bridgehead atoms. The Bertz CT molecular complexity index is 1010. The molecule has 0 radical (unpaired) electrons. The molecule has 7 nitrogen and oxygen atoms in total. The monoisotopic (exact) mass is 338 g/mol. The Kier molecular flexibility index (Phi) is 4.22. The van der Waals surface area contributed by atoms with Crippen LogP contribution in [0.3, 0.4) is 0 Å². The zero-order valence-electron chi connectivity index (χ0n) is 14.2. The number of nitro groups is 1. The third-order valence-corrected chi connectivity index (χ3v) is 4.20. The van der Waals surface area contributed by atoms with Crippen LogP contribution in [0, 0.1) is 24.0 Å². The van der Waals surface area contributed by atoms with E-state index < -0.39 is 4.92 Å². The van der Waals surface area contributed by atoms with E-state index in [0.29, 0.717) is 16.3 Å². The van der Waals surface area contributed by atoms with Crippen LogP contribution in [0.1, 0.15) is 23.9 Å². The van der Waals surface area contributed by atoms with E-state index in [-0.39, 0.29) is 11.4 Å². The summed E-state index contributed by atoms with van der Waals surface area (Å²) in [5, 5.41) is 26.9. The summed E-state index contributed by atoms with van der Waals surface area (Å²) in [5.41, 5.74) is 3.06. The van der Waals surface area contributed by atoms with Crippen molar-refractivity contribution < 1.29 is 10.0 Å². The van der Waals surface area contributed by atoms with Gasteiger partial charge in [0.2, 0.25) is 0 Å². The van der Waals surface area contributed by atoms with Gasteiger partial charge >= 0.3 is 0 Å². The molecule has 128 valence electrons. The first-order valence-electron chi connectivity index (χ1n) is 7.90. The second-order valence-corrected chi connectivity index (χ2v) is 5.75. The lowest BCUT2D eigenvalue weighted by Gasteiger charge is -2.05. The Hall–Kier alpha value is -3.22. The van der Waals surface area contributed by atoms with Crippen molar-refractivity contribution in [3.63, 3.8) is 0 Å². The van der Waals surface area contributed by atoms with Crippen molar-refractivity contribution in [1.82, 2.24) is 9.78 Å². The van der Waals surface area contributed by atoms with E-state index in [0.717, 1.165) is 23.6 Å². The molecule has 1 aromatic heterocycles. The van der Waals surface area contributed by atoms with Crippen molar-refractivity contribution >= 4 is 28.4 Å². The summed E-state index contributed by atoms with van der Waals surface area (Å²) >= 11 is 0. The molecule has 0 fully saturated rings. The normalized spacial score (nSPS) is 11.5. The molecule has 0 saturated heterocycles. The van der Waals surface area contributed by atoms with Gasteiger partial charge in [-0.1, -0.05) is 6.07 Å². The van der Waals surface area contributed by atoms with Gasteiger partial charge in [0.1, 0.15) is 11.4 Å². The Morgan fingerprint density at radius 1 is 1.32 bits per heavy atom. The summed E-state index contributed by atoms with van der Waals surface area (Å²) in [6.45, 7) is 6.60. The fourth-order valence-electron chi connectivity index (χ4n) is 2.89. The number of nitrogens with zero attached hydrogens (tertiary/aromatic N) is 4. The van der Waals surface area contributed by atoms with Crippen molar-refractivity contribution in [2.45, 2.75) is 27.3 Å². The van der Waals surface area contributed by atoms with Gasteiger partial charge in [-0.2, -0.15) is 5.10 Å². The van der Waals surface area contributed by atoms with Crippen LogP contribution in [-0.2, 0) is 6.54 Å². The third kappa shape index (κ3) is 2.96. The second kappa shape index (κ2) is 6.35. The average Bonchev–Trinajstić information content (AvgIpc) is 2.87.